The fourth-order valence-electron chi connectivity index (χ4n) is 13.1. The third kappa shape index (κ3) is 4.82. The first-order valence-corrected chi connectivity index (χ1v) is 19.6. The number of benzene rings is 1. The third-order valence-electron chi connectivity index (χ3n) is 15.5. The summed E-state index contributed by atoms with van der Waals surface area (Å²) in [5.74, 6) is 3.86. The molecule has 1 saturated heterocycles. The second-order valence-corrected chi connectivity index (χ2v) is 19.1. The quantitative estimate of drug-likeness (QED) is 0.330. The highest BCUT2D eigenvalue weighted by Gasteiger charge is 2.69. The number of rotatable bonds is 5. The van der Waals surface area contributed by atoms with E-state index in [4.69, 9.17) is 0 Å². The smallest absolute Gasteiger partial charge is 0.335 e. The number of allylic oxidation sites excluding steroid dienone is 3. The van der Waals surface area contributed by atoms with E-state index in [-0.39, 0.29) is 10.8 Å². The number of aromatic carboxylic acids is 1. The Labute approximate surface area is 275 Å². The minimum atomic E-state index is -0.854. The van der Waals surface area contributed by atoms with Crippen molar-refractivity contribution >= 4 is 22.3 Å². The van der Waals surface area contributed by atoms with Gasteiger partial charge in [-0.15, -0.1) is 0 Å². The van der Waals surface area contributed by atoms with Gasteiger partial charge in [-0.2, -0.15) is 0 Å². The lowest BCUT2D eigenvalue weighted by molar-refractivity contribution is -0.218. The van der Waals surface area contributed by atoms with E-state index in [0.29, 0.717) is 27.7 Å². The number of carboxylic acid groups (broad SMARTS) is 1. The third-order valence-corrected chi connectivity index (χ3v) is 16.8. The van der Waals surface area contributed by atoms with Crippen molar-refractivity contribution < 1.29 is 14.1 Å². The van der Waals surface area contributed by atoms with Crippen LogP contribution in [0.1, 0.15) is 115 Å². The van der Waals surface area contributed by atoms with Crippen LogP contribution in [-0.2, 0) is 10.8 Å². The average Bonchev–Trinajstić information content (AvgIpc) is 3.42. The zero-order valence-electron chi connectivity index (χ0n) is 28.6. The molecule has 1 heterocycles. The van der Waals surface area contributed by atoms with Gasteiger partial charge in [0.1, 0.15) is 0 Å². The van der Waals surface area contributed by atoms with Gasteiger partial charge in [-0.1, -0.05) is 71.4 Å². The molecular formula is C40H57NO3S. The van der Waals surface area contributed by atoms with E-state index in [1.54, 1.807) is 12.1 Å². The highest BCUT2D eigenvalue weighted by molar-refractivity contribution is 7.85. The zero-order valence-corrected chi connectivity index (χ0v) is 29.4. The molecule has 5 heteroatoms. The Balaban J connectivity index is 1.13. The SMILES string of the molecule is CC1(C)C(c2ccc(C(=O)O)cc2)=CC[C@@]2(C)C1CC[C@]1(C)C2CC[C@@H]2[C@H]3CCC[C@]3(/C=C/CN3CCS(=O)CC3)CC[C@]21C. The van der Waals surface area contributed by atoms with E-state index in [1.807, 2.05) is 12.1 Å². The molecule has 1 N–H and O–H groups in total. The molecule has 6 aliphatic rings. The van der Waals surface area contributed by atoms with Gasteiger partial charge in [0.15, 0.2) is 0 Å². The van der Waals surface area contributed by atoms with Gasteiger partial charge >= 0.3 is 5.97 Å². The van der Waals surface area contributed by atoms with Crippen molar-refractivity contribution in [2.45, 2.75) is 98.8 Å². The Morgan fingerprint density at radius 2 is 1.62 bits per heavy atom. The minimum Gasteiger partial charge on any atom is -0.478 e. The number of nitrogens with zero attached hydrogens (tertiary/aromatic N) is 1. The predicted molar refractivity (Wildman–Crippen MR) is 185 cm³/mol. The van der Waals surface area contributed by atoms with Crippen LogP contribution in [0.2, 0.25) is 0 Å². The molecule has 4 saturated carbocycles. The predicted octanol–water partition coefficient (Wildman–Crippen LogP) is 8.85. The van der Waals surface area contributed by atoms with Crippen LogP contribution in [0.4, 0.5) is 0 Å². The van der Waals surface area contributed by atoms with Gasteiger partial charge in [-0.3, -0.25) is 9.11 Å². The fraction of sp³-hybridized carbons (Fsp3) is 0.725. The molecule has 7 rings (SSSR count). The van der Waals surface area contributed by atoms with Gasteiger partial charge in [0, 0.05) is 41.9 Å². The maximum atomic E-state index is 11.8. The molecule has 2 unspecified atom stereocenters. The van der Waals surface area contributed by atoms with Crippen molar-refractivity contribution in [3.8, 4) is 0 Å². The normalized spacial score (nSPS) is 43.2. The van der Waals surface area contributed by atoms with E-state index >= 15 is 0 Å². The maximum Gasteiger partial charge on any atom is 0.335 e. The van der Waals surface area contributed by atoms with Gasteiger partial charge in [-0.05, 0) is 132 Å². The molecule has 5 fully saturated rings. The summed E-state index contributed by atoms with van der Waals surface area (Å²) in [6.45, 7) is 16.1. The molecule has 1 aromatic carbocycles. The number of fused-ring (bicyclic) bond motifs is 7. The second-order valence-electron chi connectivity index (χ2n) is 17.4. The van der Waals surface area contributed by atoms with Crippen LogP contribution in [0.5, 0.6) is 0 Å². The summed E-state index contributed by atoms with van der Waals surface area (Å²) in [7, 11) is -0.603. The van der Waals surface area contributed by atoms with Crippen molar-refractivity contribution in [2.75, 3.05) is 31.1 Å². The van der Waals surface area contributed by atoms with E-state index in [2.05, 4.69) is 57.7 Å². The van der Waals surface area contributed by atoms with Crippen molar-refractivity contribution in [3.63, 3.8) is 0 Å². The number of carboxylic acids is 1. The summed E-state index contributed by atoms with van der Waals surface area (Å²) in [4.78, 5) is 14.0. The molecule has 0 aromatic heterocycles. The first-order chi connectivity index (χ1) is 21.3. The van der Waals surface area contributed by atoms with Gasteiger partial charge in [0.25, 0.3) is 0 Å². The Kier molecular flexibility index (Phi) is 7.91. The second kappa shape index (κ2) is 11.2. The summed E-state index contributed by atoms with van der Waals surface area (Å²) in [5.41, 5.74) is 4.49. The van der Waals surface area contributed by atoms with Crippen LogP contribution in [0, 0.1) is 50.7 Å². The minimum absolute atomic E-state index is 0.0538. The van der Waals surface area contributed by atoms with E-state index in [1.165, 1.54) is 68.9 Å². The summed E-state index contributed by atoms with van der Waals surface area (Å²) >= 11 is 0. The number of carbonyl (C=O) groups is 1. The molecule has 8 atom stereocenters. The Morgan fingerprint density at radius 3 is 2.33 bits per heavy atom. The number of hydrogen-bond acceptors (Lipinski definition) is 3. The van der Waals surface area contributed by atoms with Gasteiger partial charge in [0.05, 0.1) is 5.56 Å². The summed E-state index contributed by atoms with van der Waals surface area (Å²) in [5, 5.41) is 9.45. The van der Waals surface area contributed by atoms with Gasteiger partial charge in [-0.25, -0.2) is 4.79 Å². The lowest BCUT2D eigenvalue weighted by atomic mass is 9.32. The molecular weight excluding hydrogens is 575 g/mol. The van der Waals surface area contributed by atoms with Crippen LogP contribution in [0.25, 0.3) is 5.57 Å². The van der Waals surface area contributed by atoms with Crippen LogP contribution < -0.4 is 0 Å². The summed E-state index contributed by atoms with van der Waals surface area (Å²) in [6.07, 6.45) is 21.2. The van der Waals surface area contributed by atoms with E-state index in [9.17, 15) is 14.1 Å². The average molecular weight is 632 g/mol. The first-order valence-electron chi connectivity index (χ1n) is 18.1. The van der Waals surface area contributed by atoms with E-state index < -0.39 is 16.8 Å². The molecule has 0 spiro atoms. The van der Waals surface area contributed by atoms with Crippen molar-refractivity contribution in [2.24, 2.45) is 50.7 Å². The van der Waals surface area contributed by atoms with Crippen LogP contribution in [0.15, 0.2) is 42.5 Å². The standard InChI is InChI=1S/C40H57NO3S/c1-36(2)30(28-9-11-29(12-10-28)35(42)43)15-19-37(3)33(36)16-20-39(5)34(37)14-13-31-32-8-6-17-40(32,22-21-38(31,39)4)18-7-23-41-24-26-45(44)27-25-41/h7,9-12,15,18,31-34H,6,8,13-14,16-17,19-27H2,1-5H3,(H,42,43)/b18-7+/t31-,32-,33?,34?,37+,38-,39-,40+/m1/s1. The van der Waals surface area contributed by atoms with E-state index in [0.717, 1.165) is 55.3 Å². The molecule has 45 heavy (non-hydrogen) atoms. The molecule has 1 aliphatic heterocycles. The first kappa shape index (κ1) is 31.9. The monoisotopic (exact) mass is 631 g/mol. The van der Waals surface area contributed by atoms with Crippen molar-refractivity contribution in [1.82, 2.24) is 4.90 Å². The molecule has 1 aromatic rings. The molecule has 246 valence electrons. The fourth-order valence-corrected chi connectivity index (χ4v) is 14.2. The Morgan fingerprint density at radius 1 is 0.889 bits per heavy atom. The molecule has 0 bridgehead atoms. The van der Waals surface area contributed by atoms with Crippen molar-refractivity contribution in [3.05, 3.63) is 53.6 Å². The Hall–Kier alpha value is -1.72. The summed E-state index contributed by atoms with van der Waals surface area (Å²) in [6, 6.07) is 7.64. The van der Waals surface area contributed by atoms with Crippen LogP contribution in [-0.4, -0.2) is 51.3 Å². The molecule has 0 radical (unpaired) electrons. The highest BCUT2D eigenvalue weighted by Crippen LogP contribution is 2.77. The van der Waals surface area contributed by atoms with Crippen molar-refractivity contribution in [1.29, 1.82) is 0 Å². The van der Waals surface area contributed by atoms with Crippen LogP contribution in [0.3, 0.4) is 0 Å². The zero-order chi connectivity index (χ0) is 31.8. The largest absolute Gasteiger partial charge is 0.478 e. The maximum absolute atomic E-state index is 11.8. The molecule has 4 nitrogen and oxygen atoms in total. The lowest BCUT2D eigenvalue weighted by Gasteiger charge is -2.72. The molecule has 0 amide bonds. The summed E-state index contributed by atoms with van der Waals surface area (Å²) < 4.78 is 11.8. The van der Waals surface area contributed by atoms with Crippen LogP contribution >= 0.6 is 0 Å². The van der Waals surface area contributed by atoms with Gasteiger partial charge in [0.2, 0.25) is 0 Å². The van der Waals surface area contributed by atoms with Gasteiger partial charge < -0.3 is 5.11 Å². The number of hydrogen-bond donors (Lipinski definition) is 1. The lowest BCUT2D eigenvalue weighted by Crippen LogP contribution is -2.64. The topological polar surface area (TPSA) is 57.6 Å². The Bertz CT molecular complexity index is 1400. The highest BCUT2D eigenvalue weighted by atomic mass is 32.2. The molecule has 5 aliphatic carbocycles.